The first kappa shape index (κ1) is 33.0. The van der Waals surface area contributed by atoms with Crippen molar-refractivity contribution in [3.8, 4) is 5.75 Å². The van der Waals surface area contributed by atoms with Crippen molar-refractivity contribution in [2.75, 3.05) is 13.2 Å². The number of hydrogen-bond donors (Lipinski definition) is 4. The summed E-state index contributed by atoms with van der Waals surface area (Å²) in [5.74, 6) is -1.54. The van der Waals surface area contributed by atoms with Crippen LogP contribution < -0.4 is 26.0 Å². The third-order valence-corrected chi connectivity index (χ3v) is 8.80. The fourth-order valence-electron chi connectivity index (χ4n) is 5.78. The lowest BCUT2D eigenvalue weighted by atomic mass is 9.80. The van der Waals surface area contributed by atoms with Gasteiger partial charge in [0.15, 0.2) is 0 Å². The van der Waals surface area contributed by atoms with Gasteiger partial charge in [0.1, 0.15) is 29.8 Å². The number of nitrogens with one attached hydrogen (secondary N) is 4. The molecular weight excluding hydrogens is 563 g/mol. The van der Waals surface area contributed by atoms with Gasteiger partial charge >= 0.3 is 0 Å². The highest BCUT2D eigenvalue weighted by Gasteiger charge is 2.42. The molecule has 0 unspecified atom stereocenters. The summed E-state index contributed by atoms with van der Waals surface area (Å²) < 4.78 is 19.6. The first-order chi connectivity index (χ1) is 20.9. The van der Waals surface area contributed by atoms with Crippen LogP contribution in [-0.2, 0) is 19.8 Å². The smallest absolute Gasteiger partial charge is 0.255 e. The average Bonchev–Trinajstić information content (AvgIpc) is 3.00. The van der Waals surface area contributed by atoms with Gasteiger partial charge in [0, 0.05) is 18.4 Å². The second-order valence-electron chi connectivity index (χ2n) is 13.0. The standard InChI is InChI=1S/C34H45FN4O5/c1-22(2)27-20-44-28-11-7-6-10-25(28)30(41)37-26(31(42)36-21-33(3,4)23-12-14-24(35)15-13-23)16-17-29(40)39-34(32(43)38-27)18-8-5-9-19-34/h6-7,10-15,22,26-27H,5,8-9,16-21H2,1-4H3,(H,36,42)(H,37,41)(H,38,43)(H,39,40)/t26-,27+/m0/s1. The van der Waals surface area contributed by atoms with Gasteiger partial charge in [-0.2, -0.15) is 0 Å². The van der Waals surface area contributed by atoms with E-state index in [0.29, 0.717) is 18.6 Å². The summed E-state index contributed by atoms with van der Waals surface area (Å²) in [6.07, 6.45) is 3.62. The Balaban J connectivity index is 1.60. The summed E-state index contributed by atoms with van der Waals surface area (Å²) in [5, 5.41) is 11.9. The third kappa shape index (κ3) is 8.15. The Morgan fingerprint density at radius 1 is 1.02 bits per heavy atom. The summed E-state index contributed by atoms with van der Waals surface area (Å²) in [7, 11) is 0. The maximum atomic E-state index is 13.7. The van der Waals surface area contributed by atoms with Gasteiger partial charge in [-0.05, 0) is 55.0 Å². The Kier molecular flexibility index (Phi) is 10.7. The molecule has 1 spiro atoms. The van der Waals surface area contributed by atoms with Crippen molar-refractivity contribution >= 4 is 23.6 Å². The van der Waals surface area contributed by atoms with Crippen LogP contribution in [0, 0.1) is 11.7 Å². The molecule has 44 heavy (non-hydrogen) atoms. The van der Waals surface area contributed by atoms with Gasteiger partial charge in [-0.15, -0.1) is 0 Å². The molecule has 0 radical (unpaired) electrons. The van der Waals surface area contributed by atoms with Gasteiger partial charge in [0.2, 0.25) is 17.7 Å². The fraction of sp³-hybridized carbons (Fsp3) is 0.529. The Labute approximate surface area is 259 Å². The molecule has 4 amide bonds. The second-order valence-corrected chi connectivity index (χ2v) is 13.0. The van der Waals surface area contributed by atoms with Crippen LogP contribution in [0.4, 0.5) is 4.39 Å². The maximum Gasteiger partial charge on any atom is 0.255 e. The predicted molar refractivity (Wildman–Crippen MR) is 166 cm³/mol. The number of rotatable bonds is 5. The summed E-state index contributed by atoms with van der Waals surface area (Å²) in [5.41, 5.74) is -0.486. The van der Waals surface area contributed by atoms with Crippen LogP contribution in [0.3, 0.4) is 0 Å². The number of fused-ring (bicyclic) bond motifs is 1. The quantitative estimate of drug-likeness (QED) is 0.406. The molecule has 1 fully saturated rings. The SMILES string of the molecule is CC(C)[C@H]1COc2ccccc2C(=O)N[C@H](C(=O)NCC(C)(C)c2ccc(F)cc2)CCC(=O)NC2(CCCCC2)C(=O)N1. The summed E-state index contributed by atoms with van der Waals surface area (Å²) in [4.78, 5) is 54.2. The van der Waals surface area contributed by atoms with Crippen molar-refractivity contribution in [2.45, 2.75) is 95.7 Å². The summed E-state index contributed by atoms with van der Waals surface area (Å²) >= 11 is 0. The highest BCUT2D eigenvalue weighted by molar-refractivity contribution is 6.00. The zero-order valence-corrected chi connectivity index (χ0v) is 26.1. The monoisotopic (exact) mass is 608 g/mol. The average molecular weight is 609 g/mol. The molecule has 9 nitrogen and oxygen atoms in total. The number of halogens is 1. The van der Waals surface area contributed by atoms with Crippen LogP contribution in [0.25, 0.3) is 0 Å². The van der Waals surface area contributed by atoms with Crippen molar-refractivity contribution in [2.24, 2.45) is 5.92 Å². The van der Waals surface area contributed by atoms with Crippen LogP contribution in [0.2, 0.25) is 0 Å². The molecule has 1 heterocycles. The Bertz CT molecular complexity index is 1340. The van der Waals surface area contributed by atoms with E-state index >= 15 is 0 Å². The number of amides is 4. The number of hydrogen-bond acceptors (Lipinski definition) is 5. The van der Waals surface area contributed by atoms with Gasteiger partial charge in [-0.1, -0.05) is 71.2 Å². The third-order valence-electron chi connectivity index (χ3n) is 8.80. The van der Waals surface area contributed by atoms with Crippen molar-refractivity contribution < 1.29 is 28.3 Å². The predicted octanol–water partition coefficient (Wildman–Crippen LogP) is 4.15. The van der Waals surface area contributed by atoms with E-state index in [1.54, 1.807) is 36.4 Å². The van der Waals surface area contributed by atoms with Crippen molar-refractivity contribution in [1.82, 2.24) is 21.3 Å². The first-order valence-corrected chi connectivity index (χ1v) is 15.6. The van der Waals surface area contributed by atoms with Crippen LogP contribution in [0.15, 0.2) is 48.5 Å². The van der Waals surface area contributed by atoms with Crippen LogP contribution in [0.1, 0.15) is 88.6 Å². The van der Waals surface area contributed by atoms with Crippen LogP contribution in [0.5, 0.6) is 5.75 Å². The second kappa shape index (κ2) is 14.2. The van der Waals surface area contributed by atoms with Gasteiger partial charge in [-0.3, -0.25) is 19.2 Å². The fourth-order valence-corrected chi connectivity index (χ4v) is 5.78. The van der Waals surface area contributed by atoms with Gasteiger partial charge < -0.3 is 26.0 Å². The molecule has 2 aliphatic rings. The van der Waals surface area contributed by atoms with Crippen molar-refractivity contribution in [3.63, 3.8) is 0 Å². The Hall–Kier alpha value is -3.95. The molecule has 0 bridgehead atoms. The Morgan fingerprint density at radius 2 is 1.70 bits per heavy atom. The molecular formula is C34H45FN4O5. The number of ether oxygens (including phenoxy) is 1. The van der Waals surface area contributed by atoms with Gasteiger partial charge in [0.05, 0.1) is 11.6 Å². The van der Waals surface area contributed by atoms with Crippen molar-refractivity contribution in [1.29, 1.82) is 0 Å². The van der Waals surface area contributed by atoms with E-state index in [0.717, 1.165) is 24.8 Å². The molecule has 2 atom stereocenters. The molecule has 2 aromatic rings. The van der Waals surface area contributed by atoms with E-state index in [1.165, 1.54) is 12.1 Å². The maximum absolute atomic E-state index is 13.7. The van der Waals surface area contributed by atoms with Gasteiger partial charge in [-0.25, -0.2) is 4.39 Å². The highest BCUT2D eigenvalue weighted by Crippen LogP contribution is 2.30. The normalized spacial score (nSPS) is 21.5. The molecule has 4 N–H and O–H groups in total. The van der Waals surface area contributed by atoms with E-state index < -0.39 is 28.8 Å². The summed E-state index contributed by atoms with van der Waals surface area (Å²) in [6, 6.07) is 11.5. The minimum absolute atomic E-state index is 0.0235. The molecule has 10 heteroatoms. The van der Waals surface area contributed by atoms with E-state index in [1.807, 2.05) is 27.7 Å². The number of carbonyl (C=O) groups is 4. The molecule has 2 aromatic carbocycles. The lowest BCUT2D eigenvalue weighted by Gasteiger charge is -2.38. The van der Waals surface area contributed by atoms with E-state index in [9.17, 15) is 23.6 Å². The largest absolute Gasteiger partial charge is 0.491 e. The highest BCUT2D eigenvalue weighted by atomic mass is 19.1. The molecule has 1 aliphatic carbocycles. The van der Waals surface area contributed by atoms with Crippen molar-refractivity contribution in [3.05, 3.63) is 65.5 Å². The zero-order valence-electron chi connectivity index (χ0n) is 26.1. The van der Waals surface area contributed by atoms with Gasteiger partial charge in [0.25, 0.3) is 5.91 Å². The topological polar surface area (TPSA) is 126 Å². The first-order valence-electron chi connectivity index (χ1n) is 15.6. The lowest BCUT2D eigenvalue weighted by molar-refractivity contribution is -0.136. The molecule has 238 valence electrons. The van der Waals surface area contributed by atoms with E-state index in [4.69, 9.17) is 4.74 Å². The van der Waals surface area contributed by atoms with E-state index in [2.05, 4.69) is 21.3 Å². The number of benzene rings is 2. The molecule has 1 aliphatic heterocycles. The molecule has 1 saturated carbocycles. The number of carbonyl (C=O) groups excluding carboxylic acids is 4. The molecule has 4 rings (SSSR count). The van der Waals surface area contributed by atoms with E-state index in [-0.39, 0.29) is 61.1 Å². The van der Waals surface area contributed by atoms with Crippen LogP contribution in [-0.4, -0.2) is 54.4 Å². The minimum atomic E-state index is -1.04. The molecule has 0 saturated heterocycles. The number of para-hydroxylation sites is 1. The minimum Gasteiger partial charge on any atom is -0.491 e. The Morgan fingerprint density at radius 3 is 2.39 bits per heavy atom. The van der Waals surface area contributed by atoms with Crippen LogP contribution >= 0.6 is 0 Å². The zero-order chi connectivity index (χ0) is 31.9. The molecule has 0 aromatic heterocycles. The lowest BCUT2D eigenvalue weighted by Crippen LogP contribution is -2.62. The summed E-state index contributed by atoms with van der Waals surface area (Å²) in [6.45, 7) is 8.16.